The highest BCUT2D eigenvalue weighted by molar-refractivity contribution is 7.98. The Morgan fingerprint density at radius 1 is 1.12 bits per heavy atom. The molecule has 0 bridgehead atoms. The highest BCUT2D eigenvalue weighted by Crippen LogP contribution is 2.30. The summed E-state index contributed by atoms with van der Waals surface area (Å²) in [5.41, 5.74) is 4.45. The molecule has 2 N–H and O–H groups in total. The third-order valence-corrected chi connectivity index (χ3v) is 7.09. The summed E-state index contributed by atoms with van der Waals surface area (Å²) in [6.45, 7) is 2.03. The number of rotatable bonds is 10. The summed E-state index contributed by atoms with van der Waals surface area (Å²) < 4.78 is 0. The van der Waals surface area contributed by atoms with Gasteiger partial charge >= 0.3 is 5.97 Å². The van der Waals surface area contributed by atoms with E-state index in [9.17, 15) is 14.7 Å². The summed E-state index contributed by atoms with van der Waals surface area (Å²) in [4.78, 5) is 24.8. The van der Waals surface area contributed by atoms with E-state index in [4.69, 9.17) is 0 Å². The van der Waals surface area contributed by atoms with Crippen molar-refractivity contribution in [3.8, 4) is 11.1 Å². The molecule has 0 aromatic heterocycles. The predicted octanol–water partition coefficient (Wildman–Crippen LogP) is 6.58. The van der Waals surface area contributed by atoms with E-state index in [2.05, 4.69) is 17.5 Å². The zero-order valence-electron chi connectivity index (χ0n) is 19.7. The number of amides is 1. The van der Waals surface area contributed by atoms with Crippen LogP contribution >= 0.6 is 11.8 Å². The zero-order valence-corrected chi connectivity index (χ0v) is 20.5. The second-order valence-electron chi connectivity index (χ2n) is 8.91. The molecule has 176 valence electrons. The van der Waals surface area contributed by atoms with Gasteiger partial charge in [-0.05, 0) is 72.1 Å². The molecule has 33 heavy (non-hydrogen) atoms. The van der Waals surface area contributed by atoms with Crippen molar-refractivity contribution in [3.05, 3.63) is 65.2 Å². The maximum Gasteiger partial charge on any atom is 0.326 e. The third-order valence-electron chi connectivity index (χ3n) is 6.44. The van der Waals surface area contributed by atoms with Gasteiger partial charge in [-0.25, -0.2) is 4.79 Å². The van der Waals surface area contributed by atoms with Gasteiger partial charge in [0, 0.05) is 5.56 Å². The molecule has 0 saturated heterocycles. The maximum atomic E-state index is 13.2. The molecular weight excluding hydrogens is 430 g/mol. The van der Waals surface area contributed by atoms with Gasteiger partial charge in [-0.2, -0.15) is 11.8 Å². The molecule has 3 rings (SSSR count). The van der Waals surface area contributed by atoms with Crippen molar-refractivity contribution in [2.45, 2.75) is 57.9 Å². The number of benzene rings is 2. The average Bonchev–Trinajstić information content (AvgIpc) is 2.82. The number of carboxylic acids is 1. The Morgan fingerprint density at radius 3 is 2.58 bits per heavy atom. The molecule has 4 nitrogen and oxygen atoms in total. The molecule has 1 saturated carbocycles. The third kappa shape index (κ3) is 7.23. The molecule has 1 aliphatic rings. The molecule has 1 unspecified atom stereocenters. The molecule has 1 fully saturated rings. The van der Waals surface area contributed by atoms with Crippen molar-refractivity contribution in [1.82, 2.24) is 5.32 Å². The normalized spacial score (nSPS) is 15.5. The Bertz CT molecular complexity index is 979. The number of hydrogen-bond donors (Lipinski definition) is 2. The summed E-state index contributed by atoms with van der Waals surface area (Å²) in [6.07, 6.45) is 14.5. The van der Waals surface area contributed by atoms with Gasteiger partial charge in [0.2, 0.25) is 0 Å². The topological polar surface area (TPSA) is 66.4 Å². The van der Waals surface area contributed by atoms with Gasteiger partial charge < -0.3 is 10.4 Å². The highest BCUT2D eigenvalue weighted by atomic mass is 32.2. The fraction of sp³-hybridized carbons (Fsp3) is 0.429. The van der Waals surface area contributed by atoms with Crippen LogP contribution in [0.5, 0.6) is 0 Å². The number of carboxylic acid groups (broad SMARTS) is 1. The summed E-state index contributed by atoms with van der Waals surface area (Å²) in [6, 6.07) is 12.9. The van der Waals surface area contributed by atoms with E-state index >= 15 is 0 Å². The van der Waals surface area contributed by atoms with E-state index in [0.717, 1.165) is 34.6 Å². The maximum absolute atomic E-state index is 13.2. The SMILES string of the molecule is CSCCC(NC(=O)c1ccc(C=CCC2CCCCC2)cc1-c1ccccc1C)C(=O)O. The molecule has 2 aromatic rings. The highest BCUT2D eigenvalue weighted by Gasteiger charge is 2.22. The second kappa shape index (κ2) is 12.6. The Balaban J connectivity index is 1.87. The van der Waals surface area contributed by atoms with Crippen LogP contribution in [0, 0.1) is 12.8 Å². The number of allylic oxidation sites excluding steroid dienone is 1. The summed E-state index contributed by atoms with van der Waals surface area (Å²) in [5.74, 6) is 0.105. The number of aryl methyl sites for hydroxylation is 1. The first-order valence-corrected chi connectivity index (χ1v) is 13.3. The number of thioether (sulfide) groups is 1. The summed E-state index contributed by atoms with van der Waals surface area (Å²) in [7, 11) is 0. The smallest absolute Gasteiger partial charge is 0.326 e. The van der Waals surface area contributed by atoms with Crippen molar-refractivity contribution in [1.29, 1.82) is 0 Å². The number of nitrogens with one attached hydrogen (secondary N) is 1. The Hall–Kier alpha value is -2.53. The predicted molar refractivity (Wildman–Crippen MR) is 139 cm³/mol. The molecule has 0 spiro atoms. The zero-order chi connectivity index (χ0) is 23.6. The van der Waals surface area contributed by atoms with Gasteiger partial charge in [0.1, 0.15) is 6.04 Å². The van der Waals surface area contributed by atoms with Crippen LogP contribution in [0.25, 0.3) is 17.2 Å². The first-order chi connectivity index (χ1) is 16.0. The van der Waals surface area contributed by atoms with E-state index in [1.54, 1.807) is 11.8 Å². The van der Waals surface area contributed by atoms with Crippen molar-refractivity contribution in [2.24, 2.45) is 5.92 Å². The lowest BCUT2D eigenvalue weighted by Crippen LogP contribution is -2.41. The van der Waals surface area contributed by atoms with Gasteiger partial charge in [-0.15, -0.1) is 0 Å². The molecule has 0 aliphatic heterocycles. The van der Waals surface area contributed by atoms with Gasteiger partial charge in [0.25, 0.3) is 5.91 Å². The first kappa shape index (κ1) is 25.1. The average molecular weight is 466 g/mol. The van der Waals surface area contributed by atoms with Crippen LogP contribution < -0.4 is 5.32 Å². The van der Waals surface area contributed by atoms with Gasteiger partial charge in [-0.1, -0.05) is 74.6 Å². The van der Waals surface area contributed by atoms with E-state index in [1.807, 2.05) is 55.6 Å². The standard InChI is InChI=1S/C28H35NO3S/c1-20-9-6-7-14-23(20)25-19-22(13-8-12-21-10-4-3-5-11-21)15-16-24(25)27(30)29-26(28(31)32)17-18-33-2/h6-9,13-16,19,21,26H,3-5,10-12,17-18H2,1-2H3,(H,29,30)(H,31,32). The Kier molecular flexibility index (Phi) is 9.61. The van der Waals surface area contributed by atoms with Crippen LogP contribution in [0.1, 0.15) is 66.4 Å². The van der Waals surface area contributed by atoms with Crippen LogP contribution in [0.2, 0.25) is 0 Å². The molecule has 1 aliphatic carbocycles. The molecular formula is C28H35NO3S. The van der Waals surface area contributed by atoms with Crippen LogP contribution in [-0.2, 0) is 4.79 Å². The monoisotopic (exact) mass is 465 g/mol. The van der Waals surface area contributed by atoms with Crippen LogP contribution in [0.3, 0.4) is 0 Å². The number of carbonyl (C=O) groups excluding carboxylic acids is 1. The minimum absolute atomic E-state index is 0.348. The summed E-state index contributed by atoms with van der Waals surface area (Å²) >= 11 is 1.57. The van der Waals surface area contributed by atoms with Gasteiger partial charge in [-0.3, -0.25) is 4.79 Å². The van der Waals surface area contributed by atoms with Crippen molar-refractivity contribution >= 4 is 29.7 Å². The molecule has 1 atom stereocenters. The minimum atomic E-state index is -1.00. The lowest BCUT2D eigenvalue weighted by molar-refractivity contribution is -0.139. The number of hydrogen-bond acceptors (Lipinski definition) is 3. The fourth-order valence-electron chi connectivity index (χ4n) is 4.51. The molecule has 2 aromatic carbocycles. The van der Waals surface area contributed by atoms with Gasteiger partial charge in [0.15, 0.2) is 0 Å². The Morgan fingerprint density at radius 2 is 1.88 bits per heavy atom. The number of aliphatic carboxylic acids is 1. The summed E-state index contributed by atoms with van der Waals surface area (Å²) in [5, 5.41) is 12.3. The molecule has 0 heterocycles. The van der Waals surface area contributed by atoms with Crippen molar-refractivity contribution in [2.75, 3.05) is 12.0 Å². The van der Waals surface area contributed by atoms with Crippen molar-refractivity contribution in [3.63, 3.8) is 0 Å². The van der Waals surface area contributed by atoms with Crippen LogP contribution in [0.4, 0.5) is 0 Å². The van der Waals surface area contributed by atoms with Crippen LogP contribution in [-0.4, -0.2) is 35.0 Å². The second-order valence-corrected chi connectivity index (χ2v) is 9.89. The van der Waals surface area contributed by atoms with Gasteiger partial charge in [0.05, 0.1) is 0 Å². The first-order valence-electron chi connectivity index (χ1n) is 11.9. The number of carbonyl (C=O) groups is 2. The molecule has 1 amide bonds. The quantitative estimate of drug-likeness (QED) is 0.416. The van der Waals surface area contributed by atoms with Crippen molar-refractivity contribution < 1.29 is 14.7 Å². The Labute approximate surface area is 201 Å². The van der Waals surface area contributed by atoms with E-state index in [1.165, 1.54) is 32.1 Å². The van der Waals surface area contributed by atoms with E-state index < -0.39 is 12.0 Å². The van der Waals surface area contributed by atoms with E-state index in [0.29, 0.717) is 17.7 Å². The lowest BCUT2D eigenvalue weighted by Gasteiger charge is -2.19. The lowest BCUT2D eigenvalue weighted by atomic mass is 9.87. The minimum Gasteiger partial charge on any atom is -0.480 e. The fourth-order valence-corrected chi connectivity index (χ4v) is 4.98. The largest absolute Gasteiger partial charge is 0.480 e. The van der Waals surface area contributed by atoms with E-state index in [-0.39, 0.29) is 5.91 Å². The molecule has 0 radical (unpaired) electrons. The van der Waals surface area contributed by atoms with Crippen LogP contribution in [0.15, 0.2) is 48.5 Å². The molecule has 5 heteroatoms.